The van der Waals surface area contributed by atoms with Crippen LogP contribution < -0.4 is 4.90 Å². The molecule has 0 aromatic carbocycles. The van der Waals surface area contributed by atoms with Gasteiger partial charge in [-0.2, -0.15) is 15.3 Å². The molecule has 2 amide bonds. The van der Waals surface area contributed by atoms with Gasteiger partial charge in [-0.15, -0.1) is 0 Å². The number of ether oxygens (including phenoxy) is 4. The van der Waals surface area contributed by atoms with Crippen molar-refractivity contribution in [1.29, 1.82) is 5.26 Å². The molecule has 0 bridgehead atoms. The first-order chi connectivity index (χ1) is 20.2. The number of rotatable bonds is 10. The van der Waals surface area contributed by atoms with Crippen molar-refractivity contribution in [3.63, 3.8) is 0 Å². The molecule has 2 aromatic rings. The van der Waals surface area contributed by atoms with Crippen LogP contribution in [0.5, 0.6) is 0 Å². The Labute approximate surface area is 255 Å². The van der Waals surface area contributed by atoms with Gasteiger partial charge in [0.25, 0.3) is 0 Å². The maximum atomic E-state index is 13.5. The van der Waals surface area contributed by atoms with Gasteiger partial charge in [0.2, 0.25) is 0 Å². The number of imide groups is 1. The highest BCUT2D eigenvalue weighted by atomic mass is 16.7. The van der Waals surface area contributed by atoms with Gasteiger partial charge in [0.05, 0.1) is 18.0 Å². The number of carbonyl (C=O) groups is 2. The van der Waals surface area contributed by atoms with Crippen LogP contribution in [0.25, 0.3) is 11.3 Å². The Morgan fingerprint density at radius 1 is 1.02 bits per heavy atom. The molecule has 3 rings (SSSR count). The van der Waals surface area contributed by atoms with Crippen molar-refractivity contribution < 1.29 is 28.5 Å². The molecule has 1 saturated carbocycles. The van der Waals surface area contributed by atoms with Gasteiger partial charge < -0.3 is 18.9 Å². The number of nitrogens with zero attached hydrogens (tertiary/aromatic N) is 6. The average molecular weight is 601 g/mol. The van der Waals surface area contributed by atoms with Gasteiger partial charge in [0.15, 0.2) is 12.1 Å². The molecule has 1 fully saturated rings. The van der Waals surface area contributed by atoms with Crippen molar-refractivity contribution in [3.05, 3.63) is 24.3 Å². The summed E-state index contributed by atoms with van der Waals surface area (Å²) in [5.74, 6) is 0.643. The van der Waals surface area contributed by atoms with Crippen LogP contribution in [0.3, 0.4) is 0 Å². The summed E-state index contributed by atoms with van der Waals surface area (Å²) in [5, 5.41) is 11.9. The van der Waals surface area contributed by atoms with E-state index in [1.165, 1.54) is 38.9 Å². The van der Waals surface area contributed by atoms with Crippen LogP contribution in [-0.4, -0.2) is 62.6 Å². The topological polar surface area (TPSA) is 142 Å². The first kappa shape index (κ1) is 35.6. The van der Waals surface area contributed by atoms with Crippen LogP contribution in [-0.2, 0) is 31.9 Å². The molecule has 0 aliphatic heterocycles. The molecule has 238 valence electrons. The minimum atomic E-state index is -0.908. The molecule has 0 atom stereocenters. The van der Waals surface area contributed by atoms with E-state index in [0.29, 0.717) is 30.4 Å². The van der Waals surface area contributed by atoms with E-state index in [-0.39, 0.29) is 12.2 Å². The lowest BCUT2D eigenvalue weighted by atomic mass is 10.1. The lowest BCUT2D eigenvalue weighted by Gasteiger charge is -2.29. The molecule has 0 unspecified atom stereocenters. The quantitative estimate of drug-likeness (QED) is 0.271. The normalized spacial score (nSPS) is 13.7. The van der Waals surface area contributed by atoms with Crippen LogP contribution in [0.1, 0.15) is 93.6 Å². The summed E-state index contributed by atoms with van der Waals surface area (Å²) in [6.45, 7) is 17.2. The molecule has 2 heterocycles. The Hall–Kier alpha value is -3.56. The van der Waals surface area contributed by atoms with Gasteiger partial charge in [-0.25, -0.2) is 19.6 Å². The summed E-state index contributed by atoms with van der Waals surface area (Å²) in [7, 11) is 0. The van der Waals surface area contributed by atoms with Crippen molar-refractivity contribution in [2.45, 2.75) is 118 Å². The molecule has 2 aromatic heterocycles. The second-order valence-electron chi connectivity index (χ2n) is 12.2. The lowest BCUT2D eigenvalue weighted by Crippen LogP contribution is -2.45. The maximum absolute atomic E-state index is 13.5. The number of hydrogen-bond acceptors (Lipinski definition) is 10. The van der Waals surface area contributed by atoms with Crippen LogP contribution >= 0.6 is 0 Å². The maximum Gasteiger partial charge on any atom is 0.425 e. The summed E-state index contributed by atoms with van der Waals surface area (Å²) >= 11 is 0. The van der Waals surface area contributed by atoms with Gasteiger partial charge in [0.1, 0.15) is 17.5 Å². The molecule has 12 nitrogen and oxygen atoms in total. The summed E-state index contributed by atoms with van der Waals surface area (Å²) in [6, 6.07) is 1.75. The van der Waals surface area contributed by atoms with Crippen LogP contribution in [0.4, 0.5) is 15.4 Å². The smallest absolute Gasteiger partial charge is 0.425 e. The second-order valence-corrected chi connectivity index (χ2v) is 12.2. The summed E-state index contributed by atoms with van der Waals surface area (Å²) in [6.07, 6.45) is 7.59. The molecule has 0 N–H and O–H groups in total. The van der Waals surface area contributed by atoms with Gasteiger partial charge in [-0.3, -0.25) is 4.68 Å². The molecule has 0 radical (unpaired) electrons. The summed E-state index contributed by atoms with van der Waals surface area (Å²) in [5.41, 5.74) is -0.00515. The predicted molar refractivity (Wildman–Crippen MR) is 162 cm³/mol. The van der Waals surface area contributed by atoms with Gasteiger partial charge in [0, 0.05) is 50.4 Å². The fourth-order valence-corrected chi connectivity index (χ4v) is 4.64. The van der Waals surface area contributed by atoms with E-state index in [0.717, 1.165) is 17.0 Å². The van der Waals surface area contributed by atoms with E-state index in [4.69, 9.17) is 24.2 Å². The molecular weight excluding hydrogens is 552 g/mol. The zero-order chi connectivity index (χ0) is 32.2. The Balaban J connectivity index is 0.00000206. The Bertz CT molecular complexity index is 1190. The van der Waals surface area contributed by atoms with Crippen molar-refractivity contribution >= 4 is 18.0 Å². The number of amides is 2. The van der Waals surface area contributed by atoms with Crippen LogP contribution in [0, 0.1) is 17.2 Å². The average Bonchev–Trinajstić information content (AvgIpc) is 3.56. The van der Waals surface area contributed by atoms with Gasteiger partial charge in [-0.1, -0.05) is 12.8 Å². The number of aromatic nitrogens is 4. The number of anilines is 1. The third kappa shape index (κ3) is 11.6. The molecule has 43 heavy (non-hydrogen) atoms. The van der Waals surface area contributed by atoms with E-state index >= 15 is 0 Å². The van der Waals surface area contributed by atoms with E-state index in [2.05, 4.69) is 15.1 Å². The van der Waals surface area contributed by atoms with Crippen LogP contribution in [0.15, 0.2) is 18.7 Å². The molecule has 1 aliphatic rings. The third-order valence-corrected chi connectivity index (χ3v) is 6.19. The Morgan fingerprint density at radius 2 is 1.56 bits per heavy atom. The zero-order valence-corrected chi connectivity index (χ0v) is 27.2. The summed E-state index contributed by atoms with van der Waals surface area (Å²) < 4.78 is 24.8. The highest BCUT2D eigenvalue weighted by Gasteiger charge is 2.36. The zero-order valence-electron chi connectivity index (χ0n) is 27.2. The third-order valence-electron chi connectivity index (χ3n) is 6.19. The Kier molecular flexibility index (Phi) is 13.5. The van der Waals surface area contributed by atoms with E-state index in [1.54, 1.807) is 53.8 Å². The predicted octanol–water partition coefficient (Wildman–Crippen LogP) is 6.68. The highest BCUT2D eigenvalue weighted by Crippen LogP contribution is 2.32. The Morgan fingerprint density at radius 3 is 2.05 bits per heavy atom. The highest BCUT2D eigenvalue weighted by molar-refractivity contribution is 6.09. The number of hydrogen-bond donors (Lipinski definition) is 0. The minimum absolute atomic E-state index is 0.0430. The van der Waals surface area contributed by atoms with Crippen LogP contribution in [0.2, 0.25) is 0 Å². The number of nitriles is 1. The monoisotopic (exact) mass is 600 g/mol. The molecule has 12 heteroatoms. The lowest BCUT2D eigenvalue weighted by molar-refractivity contribution is -0.134. The SMILES string of the molecule is CC#N.CCOC(Cc1c(-c2cnn(CC3CCCC3)c2)ncnc1N(C(=O)OC(C)(C)C)C(=O)OC(C)(C)C)OCC. The van der Waals surface area contributed by atoms with Crippen molar-refractivity contribution in [2.75, 3.05) is 18.1 Å². The van der Waals surface area contributed by atoms with Crippen molar-refractivity contribution in [2.24, 2.45) is 5.92 Å². The minimum Gasteiger partial charge on any atom is -0.443 e. The van der Waals surface area contributed by atoms with E-state index in [9.17, 15) is 9.59 Å². The van der Waals surface area contributed by atoms with Gasteiger partial charge in [-0.05, 0) is 74.1 Å². The largest absolute Gasteiger partial charge is 0.443 e. The summed E-state index contributed by atoms with van der Waals surface area (Å²) in [4.78, 5) is 36.8. The van der Waals surface area contributed by atoms with E-state index in [1.807, 2.05) is 24.7 Å². The fraction of sp³-hybridized carbons (Fsp3) is 0.677. The first-order valence-corrected chi connectivity index (χ1v) is 14.9. The first-order valence-electron chi connectivity index (χ1n) is 14.9. The van der Waals surface area contributed by atoms with Gasteiger partial charge >= 0.3 is 12.2 Å². The fourth-order valence-electron chi connectivity index (χ4n) is 4.64. The molecule has 0 saturated heterocycles. The van der Waals surface area contributed by atoms with Crippen molar-refractivity contribution in [1.82, 2.24) is 19.7 Å². The van der Waals surface area contributed by atoms with Crippen molar-refractivity contribution in [3.8, 4) is 17.3 Å². The second kappa shape index (κ2) is 16.3. The standard InChI is InChI=1S/C29H45N5O6.C2H3N/c1-9-37-23(38-10-2)15-22-24(21-16-32-33(18-21)17-20-13-11-12-14-20)30-19-31-25(22)34(26(35)39-28(3,4)5)27(36)40-29(6,7)8;1-2-3/h16,18-20,23H,9-15,17H2,1-8H3;1H3. The number of carbonyl (C=O) groups excluding carboxylic acids is 2. The molecule has 0 spiro atoms. The van der Waals surface area contributed by atoms with E-state index < -0.39 is 29.7 Å². The molecular formula is C31H48N6O6. The molecule has 1 aliphatic carbocycles.